The van der Waals surface area contributed by atoms with E-state index in [2.05, 4.69) is 5.32 Å². The zero-order valence-corrected chi connectivity index (χ0v) is 18.1. The molecule has 2 aromatic rings. The van der Waals surface area contributed by atoms with E-state index >= 15 is 0 Å². The van der Waals surface area contributed by atoms with E-state index in [-0.39, 0.29) is 18.0 Å². The standard InChI is InChI=1S/C21H28N2O5S/c1-5-23(15-21(24)22-17-8-10-18(11-9-17)27-6-2)29(25,26)19-12-13-20(28-7-3)16(4)14-19/h8-14H,5-7,15H2,1-4H3,(H,22,24). The number of likely N-dealkylation sites (N-methyl/N-ethyl adjacent to an activating group) is 1. The lowest BCUT2D eigenvalue weighted by atomic mass is 10.2. The van der Waals surface area contributed by atoms with Crippen molar-refractivity contribution in [3.8, 4) is 11.5 Å². The van der Waals surface area contributed by atoms with Crippen LogP contribution in [-0.4, -0.2) is 44.9 Å². The maximum atomic E-state index is 13.0. The molecule has 1 N–H and O–H groups in total. The van der Waals surface area contributed by atoms with Gasteiger partial charge in [0.15, 0.2) is 0 Å². The Morgan fingerprint density at radius 2 is 1.66 bits per heavy atom. The molecule has 0 heterocycles. The van der Waals surface area contributed by atoms with Crippen molar-refractivity contribution in [1.82, 2.24) is 4.31 Å². The van der Waals surface area contributed by atoms with E-state index in [1.54, 1.807) is 50.2 Å². The molecule has 0 radical (unpaired) electrons. The first kappa shape index (κ1) is 22.7. The number of nitrogens with zero attached hydrogens (tertiary/aromatic N) is 1. The molecule has 0 aliphatic rings. The van der Waals surface area contributed by atoms with Crippen molar-refractivity contribution in [2.45, 2.75) is 32.6 Å². The fourth-order valence-corrected chi connectivity index (χ4v) is 4.27. The van der Waals surface area contributed by atoms with Crippen LogP contribution in [0.1, 0.15) is 26.3 Å². The Balaban J connectivity index is 2.11. The molecular formula is C21H28N2O5S. The molecule has 0 saturated carbocycles. The fourth-order valence-electron chi connectivity index (χ4n) is 2.78. The molecule has 2 rings (SSSR count). The Morgan fingerprint density at radius 1 is 1.00 bits per heavy atom. The second-order valence-electron chi connectivity index (χ2n) is 6.30. The van der Waals surface area contributed by atoms with Crippen LogP contribution in [0.4, 0.5) is 5.69 Å². The summed E-state index contributed by atoms with van der Waals surface area (Å²) in [6.45, 7) is 8.19. The van der Waals surface area contributed by atoms with Gasteiger partial charge in [-0.2, -0.15) is 4.31 Å². The molecule has 7 nitrogen and oxygen atoms in total. The minimum atomic E-state index is -3.81. The summed E-state index contributed by atoms with van der Waals surface area (Å²) in [6, 6.07) is 11.6. The monoisotopic (exact) mass is 420 g/mol. The first-order chi connectivity index (χ1) is 13.8. The van der Waals surface area contributed by atoms with E-state index in [9.17, 15) is 13.2 Å². The largest absolute Gasteiger partial charge is 0.494 e. The molecule has 0 atom stereocenters. The van der Waals surface area contributed by atoms with Gasteiger partial charge in [-0.25, -0.2) is 8.42 Å². The number of amides is 1. The zero-order valence-electron chi connectivity index (χ0n) is 17.3. The van der Waals surface area contributed by atoms with Crippen LogP contribution in [-0.2, 0) is 14.8 Å². The van der Waals surface area contributed by atoms with Crippen LogP contribution in [0.2, 0.25) is 0 Å². The number of carbonyl (C=O) groups excluding carboxylic acids is 1. The smallest absolute Gasteiger partial charge is 0.243 e. The van der Waals surface area contributed by atoms with Crippen LogP contribution >= 0.6 is 0 Å². The van der Waals surface area contributed by atoms with Crippen LogP contribution in [0.3, 0.4) is 0 Å². The summed E-state index contributed by atoms with van der Waals surface area (Å²) in [6.07, 6.45) is 0. The Bertz CT molecular complexity index is 927. The number of benzene rings is 2. The van der Waals surface area contributed by atoms with E-state index in [1.165, 1.54) is 6.07 Å². The molecular weight excluding hydrogens is 392 g/mol. The molecule has 8 heteroatoms. The predicted molar refractivity (Wildman–Crippen MR) is 113 cm³/mol. The maximum Gasteiger partial charge on any atom is 0.243 e. The lowest BCUT2D eigenvalue weighted by Crippen LogP contribution is -2.37. The molecule has 0 aliphatic heterocycles. The van der Waals surface area contributed by atoms with Crippen molar-refractivity contribution in [3.63, 3.8) is 0 Å². The van der Waals surface area contributed by atoms with Gasteiger partial charge in [0.1, 0.15) is 11.5 Å². The molecule has 0 aliphatic carbocycles. The number of anilines is 1. The molecule has 0 fully saturated rings. The Morgan fingerprint density at radius 3 is 2.21 bits per heavy atom. The third kappa shape index (κ3) is 5.95. The van der Waals surface area contributed by atoms with Gasteiger partial charge in [0.25, 0.3) is 0 Å². The Labute approximate surface area is 172 Å². The van der Waals surface area contributed by atoms with Crippen molar-refractivity contribution in [3.05, 3.63) is 48.0 Å². The van der Waals surface area contributed by atoms with Crippen LogP contribution in [0.15, 0.2) is 47.4 Å². The number of rotatable bonds is 10. The number of nitrogens with one attached hydrogen (secondary N) is 1. The highest BCUT2D eigenvalue weighted by atomic mass is 32.2. The van der Waals surface area contributed by atoms with Gasteiger partial charge < -0.3 is 14.8 Å². The van der Waals surface area contributed by atoms with Gasteiger partial charge in [-0.3, -0.25) is 4.79 Å². The molecule has 0 unspecified atom stereocenters. The zero-order chi connectivity index (χ0) is 21.4. The summed E-state index contributed by atoms with van der Waals surface area (Å²) in [5, 5.41) is 2.72. The lowest BCUT2D eigenvalue weighted by Gasteiger charge is -2.21. The molecule has 0 spiro atoms. The second kappa shape index (κ2) is 10.3. The third-order valence-corrected chi connectivity index (χ3v) is 6.12. The molecule has 0 saturated heterocycles. The van der Waals surface area contributed by atoms with Crippen molar-refractivity contribution >= 4 is 21.6 Å². The van der Waals surface area contributed by atoms with Gasteiger partial charge in [-0.15, -0.1) is 0 Å². The summed E-state index contributed by atoms with van der Waals surface area (Å²) in [5.74, 6) is 0.930. The van der Waals surface area contributed by atoms with Gasteiger partial charge >= 0.3 is 0 Å². The molecule has 29 heavy (non-hydrogen) atoms. The average Bonchev–Trinajstić information content (AvgIpc) is 2.69. The van der Waals surface area contributed by atoms with E-state index < -0.39 is 15.9 Å². The number of sulfonamides is 1. The van der Waals surface area contributed by atoms with Crippen LogP contribution in [0.5, 0.6) is 11.5 Å². The minimum absolute atomic E-state index is 0.133. The first-order valence-electron chi connectivity index (χ1n) is 9.58. The number of ether oxygens (including phenoxy) is 2. The number of carbonyl (C=O) groups is 1. The summed E-state index contributed by atoms with van der Waals surface area (Å²) < 4.78 is 37.9. The van der Waals surface area contributed by atoms with Gasteiger partial charge in [0.2, 0.25) is 15.9 Å². The second-order valence-corrected chi connectivity index (χ2v) is 8.24. The summed E-state index contributed by atoms with van der Waals surface area (Å²) in [7, 11) is -3.81. The Hall–Kier alpha value is -2.58. The maximum absolute atomic E-state index is 13.0. The van der Waals surface area contributed by atoms with Crippen LogP contribution in [0, 0.1) is 6.92 Å². The number of aryl methyl sites for hydroxylation is 1. The van der Waals surface area contributed by atoms with Crippen molar-refractivity contribution in [2.75, 3.05) is 31.6 Å². The summed E-state index contributed by atoms with van der Waals surface area (Å²) >= 11 is 0. The van der Waals surface area contributed by atoms with E-state index in [1.807, 2.05) is 13.8 Å². The van der Waals surface area contributed by atoms with Gasteiger partial charge in [-0.1, -0.05) is 6.92 Å². The normalized spacial score (nSPS) is 11.3. The van der Waals surface area contributed by atoms with Crippen LogP contribution in [0.25, 0.3) is 0 Å². The Kier molecular flexibility index (Phi) is 8.04. The average molecular weight is 421 g/mol. The SMILES string of the molecule is CCOc1ccc(NC(=O)CN(CC)S(=O)(=O)c2ccc(OCC)c(C)c2)cc1. The predicted octanol–water partition coefficient (Wildman–Crippen LogP) is 3.44. The van der Waals surface area contributed by atoms with E-state index in [0.29, 0.717) is 30.4 Å². The quantitative estimate of drug-likeness (QED) is 0.636. The summed E-state index contributed by atoms with van der Waals surface area (Å²) in [5.41, 5.74) is 1.30. The molecule has 0 aromatic heterocycles. The van der Waals surface area contributed by atoms with Gasteiger partial charge in [-0.05, 0) is 68.8 Å². The number of hydrogen-bond donors (Lipinski definition) is 1. The third-order valence-electron chi connectivity index (χ3n) is 4.21. The highest BCUT2D eigenvalue weighted by molar-refractivity contribution is 7.89. The lowest BCUT2D eigenvalue weighted by molar-refractivity contribution is -0.116. The fraction of sp³-hybridized carbons (Fsp3) is 0.381. The summed E-state index contributed by atoms with van der Waals surface area (Å²) in [4.78, 5) is 12.5. The molecule has 0 bridgehead atoms. The van der Waals surface area contributed by atoms with Crippen molar-refractivity contribution in [1.29, 1.82) is 0 Å². The highest BCUT2D eigenvalue weighted by Gasteiger charge is 2.26. The van der Waals surface area contributed by atoms with Gasteiger partial charge in [0.05, 0.1) is 24.7 Å². The molecule has 1 amide bonds. The van der Waals surface area contributed by atoms with Gasteiger partial charge in [0, 0.05) is 12.2 Å². The first-order valence-corrected chi connectivity index (χ1v) is 11.0. The highest BCUT2D eigenvalue weighted by Crippen LogP contribution is 2.24. The van der Waals surface area contributed by atoms with E-state index in [4.69, 9.17) is 9.47 Å². The van der Waals surface area contributed by atoms with Crippen molar-refractivity contribution < 1.29 is 22.7 Å². The number of hydrogen-bond acceptors (Lipinski definition) is 5. The minimum Gasteiger partial charge on any atom is -0.494 e. The van der Waals surface area contributed by atoms with Crippen molar-refractivity contribution in [2.24, 2.45) is 0 Å². The molecule has 158 valence electrons. The van der Waals surface area contributed by atoms with Crippen LogP contribution < -0.4 is 14.8 Å². The topological polar surface area (TPSA) is 84.9 Å². The van der Waals surface area contributed by atoms with E-state index in [0.717, 1.165) is 9.87 Å². The molecule has 2 aromatic carbocycles.